The number of fused-ring (bicyclic) bond motifs is 1. The van der Waals surface area contributed by atoms with Gasteiger partial charge in [0.25, 0.3) is 0 Å². The normalized spacial score (nSPS) is 54.2. The van der Waals surface area contributed by atoms with Crippen LogP contribution in [0.3, 0.4) is 0 Å². The highest BCUT2D eigenvalue weighted by Gasteiger charge is 2.57. The van der Waals surface area contributed by atoms with Crippen molar-refractivity contribution in [1.29, 1.82) is 5.26 Å². The third kappa shape index (κ3) is 0.529. The summed E-state index contributed by atoms with van der Waals surface area (Å²) in [7, 11) is 0. The average molecular weight is 123 g/mol. The summed E-state index contributed by atoms with van der Waals surface area (Å²) in [6.07, 6.45) is 1.84. The Morgan fingerprint density at radius 1 is 1.44 bits per heavy atom. The van der Waals surface area contributed by atoms with Crippen LogP contribution in [-0.2, 0) is 0 Å². The van der Waals surface area contributed by atoms with Gasteiger partial charge in [-0.05, 0) is 18.8 Å². The van der Waals surface area contributed by atoms with E-state index in [4.69, 9.17) is 5.26 Å². The molecular weight excluding hydrogens is 114 g/mol. The number of rotatable bonds is 0. The van der Waals surface area contributed by atoms with Crippen molar-refractivity contribution in [3.8, 4) is 6.07 Å². The molecule has 0 amide bonds. The Balaban J connectivity index is 2.08. The summed E-state index contributed by atoms with van der Waals surface area (Å²) in [5, 5.41) is 17.7. The molecule has 2 rings (SSSR count). The lowest BCUT2D eigenvalue weighted by Gasteiger charge is -2.00. The van der Waals surface area contributed by atoms with Gasteiger partial charge >= 0.3 is 0 Å². The highest BCUT2D eigenvalue weighted by Crippen LogP contribution is 2.56. The SMILES string of the molecule is N#C[C@@H]1[C@H]2CC[C@@H](O)[C@@H]12. The number of aliphatic hydroxyl groups excluding tert-OH is 1. The molecule has 0 unspecified atom stereocenters. The van der Waals surface area contributed by atoms with E-state index in [1.54, 1.807) is 0 Å². The Hall–Kier alpha value is -0.550. The molecule has 0 radical (unpaired) electrons. The van der Waals surface area contributed by atoms with Gasteiger partial charge in [0.1, 0.15) is 0 Å². The molecule has 9 heavy (non-hydrogen) atoms. The summed E-state index contributed by atoms with van der Waals surface area (Å²) in [5.74, 6) is 1.12. The first-order chi connectivity index (χ1) is 4.34. The maximum Gasteiger partial charge on any atom is 0.0662 e. The molecule has 1 N–H and O–H groups in total. The van der Waals surface area contributed by atoms with E-state index in [0.717, 1.165) is 12.8 Å². The number of hydrogen-bond donors (Lipinski definition) is 1. The highest BCUT2D eigenvalue weighted by atomic mass is 16.3. The van der Waals surface area contributed by atoms with Gasteiger partial charge < -0.3 is 5.11 Å². The molecule has 2 saturated carbocycles. The molecule has 0 bridgehead atoms. The quantitative estimate of drug-likeness (QED) is 0.510. The van der Waals surface area contributed by atoms with Gasteiger partial charge in [-0.15, -0.1) is 0 Å². The fraction of sp³-hybridized carbons (Fsp3) is 0.857. The summed E-state index contributed by atoms with van der Waals surface area (Å²) < 4.78 is 0. The van der Waals surface area contributed by atoms with Crippen molar-refractivity contribution in [3.63, 3.8) is 0 Å². The molecule has 0 saturated heterocycles. The second-order valence-electron chi connectivity index (χ2n) is 3.04. The van der Waals surface area contributed by atoms with Gasteiger partial charge in [0.15, 0.2) is 0 Å². The van der Waals surface area contributed by atoms with E-state index in [-0.39, 0.29) is 12.0 Å². The van der Waals surface area contributed by atoms with Crippen molar-refractivity contribution in [2.24, 2.45) is 17.8 Å². The molecule has 0 spiro atoms. The predicted molar refractivity (Wildman–Crippen MR) is 31.3 cm³/mol. The average Bonchev–Trinajstić information content (AvgIpc) is 2.46. The van der Waals surface area contributed by atoms with Crippen LogP contribution in [0.5, 0.6) is 0 Å². The van der Waals surface area contributed by atoms with Crippen molar-refractivity contribution >= 4 is 0 Å². The standard InChI is InChI=1S/C7H9NO/c8-3-5-4-1-2-6(9)7(4)5/h4-7,9H,1-2H2/t4-,5-,6-,7-/m1/s1. The van der Waals surface area contributed by atoms with Gasteiger partial charge in [0, 0.05) is 5.92 Å². The van der Waals surface area contributed by atoms with Crippen LogP contribution in [0.4, 0.5) is 0 Å². The van der Waals surface area contributed by atoms with Gasteiger partial charge in [0.05, 0.1) is 18.1 Å². The summed E-state index contributed by atoms with van der Waals surface area (Å²) in [6, 6.07) is 2.21. The molecule has 2 heteroatoms. The lowest BCUT2D eigenvalue weighted by Crippen LogP contribution is -2.06. The van der Waals surface area contributed by atoms with Crippen molar-refractivity contribution in [1.82, 2.24) is 0 Å². The zero-order chi connectivity index (χ0) is 6.43. The van der Waals surface area contributed by atoms with E-state index in [9.17, 15) is 5.11 Å². The van der Waals surface area contributed by atoms with Crippen LogP contribution < -0.4 is 0 Å². The largest absolute Gasteiger partial charge is 0.393 e. The molecule has 0 aromatic rings. The Morgan fingerprint density at radius 3 is 2.56 bits per heavy atom. The van der Waals surface area contributed by atoms with Gasteiger partial charge in [-0.2, -0.15) is 5.26 Å². The van der Waals surface area contributed by atoms with E-state index in [1.807, 2.05) is 0 Å². The smallest absolute Gasteiger partial charge is 0.0662 e. The van der Waals surface area contributed by atoms with E-state index < -0.39 is 0 Å². The molecule has 2 nitrogen and oxygen atoms in total. The maximum atomic E-state index is 9.19. The summed E-state index contributed by atoms with van der Waals surface area (Å²) in [5.41, 5.74) is 0. The number of nitriles is 1. The van der Waals surface area contributed by atoms with Crippen LogP contribution >= 0.6 is 0 Å². The Kier molecular flexibility index (Phi) is 0.866. The summed E-state index contributed by atoms with van der Waals surface area (Å²) in [4.78, 5) is 0. The topological polar surface area (TPSA) is 44.0 Å². The predicted octanol–water partition coefficient (Wildman–Crippen LogP) is 0.527. The zero-order valence-corrected chi connectivity index (χ0v) is 5.12. The lowest BCUT2D eigenvalue weighted by atomic mass is 10.1. The monoisotopic (exact) mass is 123 g/mol. The molecule has 0 aromatic carbocycles. The van der Waals surface area contributed by atoms with Gasteiger partial charge in [-0.25, -0.2) is 0 Å². The first-order valence-electron chi connectivity index (χ1n) is 3.42. The number of hydrogen-bond acceptors (Lipinski definition) is 2. The van der Waals surface area contributed by atoms with Crippen LogP contribution in [0.2, 0.25) is 0 Å². The van der Waals surface area contributed by atoms with Gasteiger partial charge in [0.2, 0.25) is 0 Å². The Labute approximate surface area is 54.1 Å². The molecule has 0 aromatic heterocycles. The van der Waals surface area contributed by atoms with E-state index >= 15 is 0 Å². The highest BCUT2D eigenvalue weighted by molar-refractivity contribution is 5.14. The molecule has 0 aliphatic heterocycles. The minimum Gasteiger partial charge on any atom is -0.393 e. The van der Waals surface area contributed by atoms with E-state index in [1.165, 1.54) is 0 Å². The molecular formula is C7H9NO. The Morgan fingerprint density at radius 2 is 2.22 bits per heavy atom. The second-order valence-corrected chi connectivity index (χ2v) is 3.04. The lowest BCUT2D eigenvalue weighted by molar-refractivity contribution is 0.154. The second kappa shape index (κ2) is 1.48. The van der Waals surface area contributed by atoms with Crippen LogP contribution in [0.25, 0.3) is 0 Å². The fourth-order valence-corrected chi connectivity index (χ4v) is 2.03. The van der Waals surface area contributed by atoms with Crippen LogP contribution in [0.1, 0.15) is 12.8 Å². The minimum absolute atomic E-state index is 0.153. The van der Waals surface area contributed by atoms with Gasteiger partial charge in [-0.1, -0.05) is 0 Å². The molecule has 2 aliphatic rings. The van der Waals surface area contributed by atoms with Crippen LogP contribution in [0.15, 0.2) is 0 Å². The van der Waals surface area contributed by atoms with Crippen molar-refractivity contribution in [2.75, 3.05) is 0 Å². The number of nitrogens with zero attached hydrogens (tertiary/aromatic N) is 1. The third-order valence-electron chi connectivity index (χ3n) is 2.62. The van der Waals surface area contributed by atoms with Crippen LogP contribution in [-0.4, -0.2) is 11.2 Å². The van der Waals surface area contributed by atoms with E-state index in [0.29, 0.717) is 11.8 Å². The van der Waals surface area contributed by atoms with Crippen molar-refractivity contribution < 1.29 is 5.11 Å². The zero-order valence-electron chi connectivity index (χ0n) is 5.12. The summed E-state index contributed by atoms with van der Waals surface area (Å²) in [6.45, 7) is 0. The molecule has 48 valence electrons. The minimum atomic E-state index is -0.153. The fourth-order valence-electron chi connectivity index (χ4n) is 2.03. The third-order valence-corrected chi connectivity index (χ3v) is 2.62. The molecule has 2 fully saturated rings. The first kappa shape index (κ1) is 5.25. The Bertz CT molecular complexity index is 172. The molecule has 4 atom stereocenters. The molecule has 2 aliphatic carbocycles. The van der Waals surface area contributed by atoms with Crippen molar-refractivity contribution in [2.45, 2.75) is 18.9 Å². The first-order valence-corrected chi connectivity index (χ1v) is 3.42. The van der Waals surface area contributed by atoms with Crippen molar-refractivity contribution in [3.05, 3.63) is 0 Å². The van der Waals surface area contributed by atoms with Gasteiger partial charge in [-0.3, -0.25) is 0 Å². The summed E-state index contributed by atoms with van der Waals surface area (Å²) >= 11 is 0. The van der Waals surface area contributed by atoms with E-state index in [2.05, 4.69) is 6.07 Å². The molecule has 0 heterocycles. The maximum absolute atomic E-state index is 9.19. The number of aliphatic hydroxyl groups is 1. The van der Waals surface area contributed by atoms with Crippen LogP contribution in [0, 0.1) is 29.1 Å².